The Kier molecular flexibility index (Phi) is 2.69. The zero-order chi connectivity index (χ0) is 13.0. The molecular weight excluding hydrogens is 232 g/mol. The van der Waals surface area contributed by atoms with Crippen LogP contribution in [0.2, 0.25) is 0 Å². The summed E-state index contributed by atoms with van der Waals surface area (Å²) in [5.74, 6) is 3.99. The lowest BCUT2D eigenvalue weighted by Crippen LogP contribution is -2.46. The Labute approximate surface area is 116 Å². The molecule has 1 nitrogen and oxygen atoms in total. The van der Waals surface area contributed by atoms with Crippen molar-refractivity contribution in [1.29, 1.82) is 0 Å². The summed E-state index contributed by atoms with van der Waals surface area (Å²) >= 11 is 0. The number of ketones is 1. The normalized spacial score (nSPS) is 49.1. The van der Waals surface area contributed by atoms with E-state index < -0.39 is 0 Å². The van der Waals surface area contributed by atoms with Crippen LogP contribution in [-0.2, 0) is 4.79 Å². The van der Waals surface area contributed by atoms with Crippen molar-refractivity contribution < 1.29 is 4.79 Å². The first-order chi connectivity index (χ1) is 9.20. The van der Waals surface area contributed by atoms with Crippen molar-refractivity contribution in [2.45, 2.75) is 64.7 Å². The number of allylic oxidation sites excluding steroid dienone is 2. The van der Waals surface area contributed by atoms with Gasteiger partial charge in [-0.3, -0.25) is 4.79 Å². The molecule has 1 heteroatoms. The number of fused-ring (bicyclic) bond motifs is 5. The van der Waals surface area contributed by atoms with Crippen molar-refractivity contribution in [3.8, 4) is 0 Å². The van der Waals surface area contributed by atoms with E-state index in [1.807, 2.05) is 0 Å². The molecular formula is C18H26O. The summed E-state index contributed by atoms with van der Waals surface area (Å²) in [5, 5.41) is 0. The van der Waals surface area contributed by atoms with Crippen LogP contribution in [0.3, 0.4) is 0 Å². The molecule has 4 rings (SSSR count). The number of carbonyl (C=O) groups excluding carboxylic acids is 1. The molecule has 3 fully saturated rings. The van der Waals surface area contributed by atoms with Crippen molar-refractivity contribution >= 4 is 5.78 Å². The fraction of sp³-hybridized carbons (Fsp3) is 0.833. The second-order valence-electron chi connectivity index (χ2n) is 7.71. The van der Waals surface area contributed by atoms with Gasteiger partial charge < -0.3 is 0 Å². The first kappa shape index (κ1) is 12.2. The summed E-state index contributed by atoms with van der Waals surface area (Å²) in [6, 6.07) is 0. The standard InChI is InChI=1S/C18H26O/c1-18-11-10-14-13-5-3-2-4-12(13)6-7-15(14)16(18)8-9-17(18)19/h4,13-16H,2-3,5-11H2,1H3/t13-,14+,15+,16-,18+/m0/s1. The number of hydrogen-bond acceptors (Lipinski definition) is 1. The Morgan fingerprint density at radius 1 is 1.11 bits per heavy atom. The van der Waals surface area contributed by atoms with Crippen LogP contribution in [0.1, 0.15) is 64.7 Å². The minimum Gasteiger partial charge on any atom is -0.299 e. The molecule has 0 heterocycles. The van der Waals surface area contributed by atoms with Crippen LogP contribution in [-0.4, -0.2) is 5.78 Å². The molecule has 0 aromatic rings. The van der Waals surface area contributed by atoms with Gasteiger partial charge in [-0.1, -0.05) is 18.6 Å². The Balaban J connectivity index is 1.65. The Morgan fingerprint density at radius 2 is 2.00 bits per heavy atom. The van der Waals surface area contributed by atoms with Crippen LogP contribution >= 0.6 is 0 Å². The smallest absolute Gasteiger partial charge is 0.139 e. The Hall–Kier alpha value is -0.590. The zero-order valence-electron chi connectivity index (χ0n) is 12.2. The zero-order valence-corrected chi connectivity index (χ0v) is 12.2. The molecule has 5 atom stereocenters. The number of rotatable bonds is 0. The molecule has 3 saturated carbocycles. The van der Waals surface area contributed by atoms with E-state index in [0.29, 0.717) is 5.78 Å². The van der Waals surface area contributed by atoms with Gasteiger partial charge in [0, 0.05) is 11.8 Å². The van der Waals surface area contributed by atoms with Gasteiger partial charge in [0.2, 0.25) is 0 Å². The van der Waals surface area contributed by atoms with Crippen LogP contribution in [0.4, 0.5) is 0 Å². The summed E-state index contributed by atoms with van der Waals surface area (Å²) in [6.45, 7) is 2.29. The van der Waals surface area contributed by atoms with E-state index in [0.717, 1.165) is 30.1 Å². The van der Waals surface area contributed by atoms with Crippen LogP contribution in [0.25, 0.3) is 0 Å². The average molecular weight is 258 g/mol. The lowest BCUT2D eigenvalue weighted by Gasteiger charge is -2.52. The first-order valence-electron chi connectivity index (χ1n) is 8.42. The van der Waals surface area contributed by atoms with Gasteiger partial charge in [0.05, 0.1) is 0 Å². The van der Waals surface area contributed by atoms with Gasteiger partial charge in [-0.15, -0.1) is 0 Å². The van der Waals surface area contributed by atoms with Crippen molar-refractivity contribution in [3.63, 3.8) is 0 Å². The van der Waals surface area contributed by atoms with Gasteiger partial charge in [-0.2, -0.15) is 0 Å². The molecule has 0 amide bonds. The number of hydrogen-bond donors (Lipinski definition) is 0. The SMILES string of the molecule is C[C@@]12CC[C@H]3[C@@H](CCC4=CCCC[C@@H]43)[C@@H]1CCC2=O. The van der Waals surface area contributed by atoms with Gasteiger partial charge >= 0.3 is 0 Å². The maximum Gasteiger partial charge on any atom is 0.139 e. The fourth-order valence-corrected chi connectivity index (χ4v) is 6.07. The van der Waals surface area contributed by atoms with E-state index in [2.05, 4.69) is 13.0 Å². The van der Waals surface area contributed by atoms with E-state index in [-0.39, 0.29) is 5.41 Å². The molecule has 0 aliphatic heterocycles. The molecule has 0 N–H and O–H groups in total. The molecule has 4 aliphatic rings. The maximum absolute atomic E-state index is 12.3. The minimum atomic E-state index is 0.0665. The summed E-state index contributed by atoms with van der Waals surface area (Å²) in [6.07, 6.45) is 14.0. The van der Waals surface area contributed by atoms with Crippen molar-refractivity contribution in [1.82, 2.24) is 0 Å². The van der Waals surface area contributed by atoms with Gasteiger partial charge in [-0.05, 0) is 75.0 Å². The second-order valence-corrected chi connectivity index (χ2v) is 7.71. The highest BCUT2D eigenvalue weighted by Crippen LogP contribution is 2.60. The van der Waals surface area contributed by atoms with Crippen LogP contribution < -0.4 is 0 Å². The topological polar surface area (TPSA) is 17.1 Å². The maximum atomic E-state index is 12.3. The predicted molar refractivity (Wildman–Crippen MR) is 76.7 cm³/mol. The molecule has 104 valence electrons. The summed E-state index contributed by atoms with van der Waals surface area (Å²) in [7, 11) is 0. The third kappa shape index (κ3) is 1.63. The third-order valence-electron chi connectivity index (χ3n) is 7.09. The quantitative estimate of drug-likeness (QED) is 0.584. The second kappa shape index (κ2) is 4.20. The molecule has 4 aliphatic carbocycles. The number of carbonyl (C=O) groups is 1. The van der Waals surface area contributed by atoms with Crippen LogP contribution in [0, 0.1) is 29.1 Å². The molecule has 0 aromatic carbocycles. The molecule has 0 unspecified atom stereocenters. The van der Waals surface area contributed by atoms with Crippen LogP contribution in [0.5, 0.6) is 0 Å². The fourth-order valence-electron chi connectivity index (χ4n) is 6.07. The average Bonchev–Trinajstić information content (AvgIpc) is 2.75. The largest absolute Gasteiger partial charge is 0.299 e. The van der Waals surface area contributed by atoms with Crippen molar-refractivity contribution in [2.75, 3.05) is 0 Å². The van der Waals surface area contributed by atoms with E-state index >= 15 is 0 Å². The minimum absolute atomic E-state index is 0.0665. The lowest BCUT2D eigenvalue weighted by molar-refractivity contribution is -0.131. The Morgan fingerprint density at radius 3 is 2.89 bits per heavy atom. The highest BCUT2D eigenvalue weighted by atomic mass is 16.1. The van der Waals surface area contributed by atoms with E-state index in [9.17, 15) is 4.79 Å². The van der Waals surface area contributed by atoms with Crippen LogP contribution in [0.15, 0.2) is 11.6 Å². The van der Waals surface area contributed by atoms with Gasteiger partial charge in [0.15, 0.2) is 0 Å². The third-order valence-corrected chi connectivity index (χ3v) is 7.09. The molecule has 0 saturated heterocycles. The van der Waals surface area contributed by atoms with Crippen molar-refractivity contribution in [2.24, 2.45) is 29.1 Å². The monoisotopic (exact) mass is 258 g/mol. The molecule has 19 heavy (non-hydrogen) atoms. The van der Waals surface area contributed by atoms with Gasteiger partial charge in [0.1, 0.15) is 5.78 Å². The molecule has 0 bridgehead atoms. The predicted octanol–water partition coefficient (Wildman–Crippen LogP) is 4.52. The van der Waals surface area contributed by atoms with Gasteiger partial charge in [-0.25, -0.2) is 0 Å². The summed E-state index contributed by atoms with van der Waals surface area (Å²) in [5.41, 5.74) is 1.86. The number of Topliss-reactive ketones (excluding diaryl/α,β-unsaturated/α-hetero) is 1. The van der Waals surface area contributed by atoms with E-state index in [1.54, 1.807) is 5.57 Å². The lowest BCUT2D eigenvalue weighted by atomic mass is 9.52. The Bertz CT molecular complexity index is 435. The van der Waals surface area contributed by atoms with Gasteiger partial charge in [0.25, 0.3) is 0 Å². The van der Waals surface area contributed by atoms with E-state index in [1.165, 1.54) is 51.4 Å². The summed E-state index contributed by atoms with van der Waals surface area (Å²) in [4.78, 5) is 12.3. The first-order valence-corrected chi connectivity index (χ1v) is 8.42. The van der Waals surface area contributed by atoms with E-state index in [4.69, 9.17) is 0 Å². The molecule has 0 radical (unpaired) electrons. The highest BCUT2D eigenvalue weighted by molar-refractivity contribution is 5.87. The molecule has 0 spiro atoms. The highest BCUT2D eigenvalue weighted by Gasteiger charge is 2.55. The summed E-state index contributed by atoms with van der Waals surface area (Å²) < 4.78 is 0. The molecule has 0 aromatic heterocycles. The van der Waals surface area contributed by atoms with Crippen molar-refractivity contribution in [3.05, 3.63) is 11.6 Å².